The lowest BCUT2D eigenvalue weighted by Gasteiger charge is -2.31. The van der Waals surface area contributed by atoms with Crippen LogP contribution in [0.15, 0.2) is 0 Å². The van der Waals surface area contributed by atoms with Crippen molar-refractivity contribution in [2.24, 2.45) is 0 Å². The molecule has 0 aromatic heterocycles. The van der Waals surface area contributed by atoms with Crippen LogP contribution in [0, 0.1) is 0 Å². The summed E-state index contributed by atoms with van der Waals surface area (Å²) in [5.41, 5.74) is 0. The summed E-state index contributed by atoms with van der Waals surface area (Å²) < 4.78 is 0. The average Bonchev–Trinajstić information content (AvgIpc) is 2.26. The SMILES string of the molecule is CN(C)CCN(C)C(=O)N1CCCCC1. The van der Waals surface area contributed by atoms with Crippen LogP contribution in [0.4, 0.5) is 4.79 Å². The summed E-state index contributed by atoms with van der Waals surface area (Å²) in [6.07, 6.45) is 3.59. The number of likely N-dealkylation sites (tertiary alicyclic amines) is 1. The summed E-state index contributed by atoms with van der Waals surface area (Å²) in [6, 6.07) is 0.191. The van der Waals surface area contributed by atoms with Gasteiger partial charge in [0.05, 0.1) is 0 Å². The molecule has 0 N–H and O–H groups in total. The van der Waals surface area contributed by atoms with E-state index in [1.807, 2.05) is 30.9 Å². The molecule has 0 radical (unpaired) electrons. The Morgan fingerprint density at radius 3 is 2.20 bits per heavy atom. The molecule has 1 fully saturated rings. The van der Waals surface area contributed by atoms with E-state index >= 15 is 0 Å². The van der Waals surface area contributed by atoms with Gasteiger partial charge < -0.3 is 14.7 Å². The van der Waals surface area contributed by atoms with E-state index < -0.39 is 0 Å². The second kappa shape index (κ2) is 5.95. The predicted molar refractivity (Wildman–Crippen MR) is 62.0 cm³/mol. The Bertz CT molecular complexity index is 200. The normalized spacial score (nSPS) is 16.9. The van der Waals surface area contributed by atoms with Crippen molar-refractivity contribution < 1.29 is 4.79 Å². The van der Waals surface area contributed by atoms with E-state index in [2.05, 4.69) is 4.90 Å². The third-order valence-electron chi connectivity index (χ3n) is 2.84. The molecule has 0 unspecified atom stereocenters. The Kier molecular flexibility index (Phi) is 4.88. The molecule has 1 rings (SSSR count). The van der Waals surface area contributed by atoms with Crippen molar-refractivity contribution >= 4 is 6.03 Å². The molecule has 0 saturated carbocycles. The highest BCUT2D eigenvalue weighted by molar-refractivity contribution is 5.74. The van der Waals surface area contributed by atoms with Crippen LogP contribution in [0.1, 0.15) is 19.3 Å². The van der Waals surface area contributed by atoms with Gasteiger partial charge in [0.1, 0.15) is 0 Å². The second-order valence-electron chi connectivity index (χ2n) is 4.56. The minimum Gasteiger partial charge on any atom is -0.326 e. The molecular formula is C11H23N3O. The molecule has 2 amide bonds. The van der Waals surface area contributed by atoms with Gasteiger partial charge in [0.25, 0.3) is 0 Å². The first-order chi connectivity index (χ1) is 7.11. The molecule has 0 spiro atoms. The van der Waals surface area contributed by atoms with Crippen LogP contribution in [0.5, 0.6) is 0 Å². The summed E-state index contributed by atoms with van der Waals surface area (Å²) in [5.74, 6) is 0. The van der Waals surface area contributed by atoms with Crippen LogP contribution < -0.4 is 0 Å². The number of carbonyl (C=O) groups is 1. The first-order valence-corrected chi connectivity index (χ1v) is 5.76. The number of nitrogens with zero attached hydrogens (tertiary/aromatic N) is 3. The van der Waals surface area contributed by atoms with Crippen LogP contribution in [0.2, 0.25) is 0 Å². The maximum absolute atomic E-state index is 11.9. The van der Waals surface area contributed by atoms with Gasteiger partial charge >= 0.3 is 6.03 Å². The maximum atomic E-state index is 11.9. The lowest BCUT2D eigenvalue weighted by molar-refractivity contribution is 0.150. The van der Waals surface area contributed by atoms with E-state index in [1.54, 1.807) is 0 Å². The first-order valence-electron chi connectivity index (χ1n) is 5.76. The highest BCUT2D eigenvalue weighted by atomic mass is 16.2. The van der Waals surface area contributed by atoms with Gasteiger partial charge in [-0.2, -0.15) is 0 Å². The van der Waals surface area contributed by atoms with Crippen molar-refractivity contribution in [2.75, 3.05) is 47.3 Å². The van der Waals surface area contributed by atoms with E-state index in [0.717, 1.165) is 39.0 Å². The molecule has 4 nitrogen and oxygen atoms in total. The fourth-order valence-corrected chi connectivity index (χ4v) is 1.77. The predicted octanol–water partition coefficient (Wildman–Crippen LogP) is 1.09. The third-order valence-corrected chi connectivity index (χ3v) is 2.84. The first kappa shape index (κ1) is 12.3. The van der Waals surface area contributed by atoms with Crippen molar-refractivity contribution in [2.45, 2.75) is 19.3 Å². The number of hydrogen-bond acceptors (Lipinski definition) is 2. The standard InChI is InChI=1S/C11H23N3O/c1-12(2)9-10-13(3)11(15)14-7-5-4-6-8-14/h4-10H2,1-3H3. The van der Waals surface area contributed by atoms with E-state index in [9.17, 15) is 4.79 Å². The molecule has 0 aromatic carbocycles. The summed E-state index contributed by atoms with van der Waals surface area (Å²) in [7, 11) is 5.94. The van der Waals surface area contributed by atoms with Crippen molar-refractivity contribution in [3.8, 4) is 0 Å². The molecule has 0 aliphatic carbocycles. The molecule has 15 heavy (non-hydrogen) atoms. The lowest BCUT2D eigenvalue weighted by atomic mass is 10.1. The van der Waals surface area contributed by atoms with Crippen molar-refractivity contribution in [3.63, 3.8) is 0 Å². The Morgan fingerprint density at radius 2 is 1.67 bits per heavy atom. The van der Waals surface area contributed by atoms with Gasteiger partial charge in [-0.1, -0.05) is 0 Å². The molecule has 4 heteroatoms. The zero-order chi connectivity index (χ0) is 11.3. The summed E-state index contributed by atoms with van der Waals surface area (Å²) in [4.78, 5) is 17.8. The van der Waals surface area contributed by atoms with Crippen molar-refractivity contribution in [1.29, 1.82) is 0 Å². The molecule has 1 aliphatic rings. The average molecular weight is 213 g/mol. The van der Waals surface area contributed by atoms with Gasteiger partial charge in [-0.25, -0.2) is 4.79 Å². The summed E-state index contributed by atoms with van der Waals surface area (Å²) in [6.45, 7) is 3.61. The largest absolute Gasteiger partial charge is 0.326 e. The van der Waals surface area contributed by atoms with Gasteiger partial charge in [-0.05, 0) is 33.4 Å². The summed E-state index contributed by atoms with van der Waals surface area (Å²) in [5, 5.41) is 0. The third kappa shape index (κ3) is 4.08. The Labute approximate surface area is 92.8 Å². The van der Waals surface area contributed by atoms with Crippen LogP contribution in [-0.2, 0) is 0 Å². The molecule has 1 aliphatic heterocycles. The maximum Gasteiger partial charge on any atom is 0.319 e. The zero-order valence-electron chi connectivity index (χ0n) is 10.2. The van der Waals surface area contributed by atoms with Gasteiger partial charge in [0.15, 0.2) is 0 Å². The number of urea groups is 1. The highest BCUT2D eigenvalue weighted by Gasteiger charge is 2.19. The monoisotopic (exact) mass is 213 g/mol. The molecule has 0 bridgehead atoms. The van der Waals surface area contributed by atoms with Crippen LogP contribution in [0.25, 0.3) is 0 Å². The fourth-order valence-electron chi connectivity index (χ4n) is 1.77. The number of carbonyl (C=O) groups excluding carboxylic acids is 1. The number of piperidine rings is 1. The van der Waals surface area contributed by atoms with E-state index in [4.69, 9.17) is 0 Å². The lowest BCUT2D eigenvalue weighted by Crippen LogP contribution is -2.45. The Hall–Kier alpha value is -0.770. The van der Waals surface area contributed by atoms with Gasteiger partial charge in [-0.3, -0.25) is 0 Å². The van der Waals surface area contributed by atoms with Crippen LogP contribution in [-0.4, -0.2) is 68.1 Å². The van der Waals surface area contributed by atoms with E-state index in [-0.39, 0.29) is 6.03 Å². The number of rotatable bonds is 3. The summed E-state index contributed by atoms with van der Waals surface area (Å²) >= 11 is 0. The Morgan fingerprint density at radius 1 is 1.07 bits per heavy atom. The smallest absolute Gasteiger partial charge is 0.319 e. The Balaban J connectivity index is 2.30. The second-order valence-corrected chi connectivity index (χ2v) is 4.56. The van der Waals surface area contributed by atoms with Gasteiger partial charge in [-0.15, -0.1) is 0 Å². The molecule has 1 heterocycles. The van der Waals surface area contributed by atoms with Gasteiger partial charge in [0.2, 0.25) is 0 Å². The number of likely N-dealkylation sites (N-methyl/N-ethyl adjacent to an activating group) is 2. The number of hydrogen-bond donors (Lipinski definition) is 0. The highest BCUT2D eigenvalue weighted by Crippen LogP contribution is 2.10. The molecule has 88 valence electrons. The van der Waals surface area contributed by atoms with Crippen molar-refractivity contribution in [1.82, 2.24) is 14.7 Å². The minimum atomic E-state index is 0.191. The molecule has 0 aromatic rings. The fraction of sp³-hybridized carbons (Fsp3) is 0.909. The van der Waals surface area contributed by atoms with Crippen LogP contribution >= 0.6 is 0 Å². The van der Waals surface area contributed by atoms with E-state index in [0.29, 0.717) is 0 Å². The topological polar surface area (TPSA) is 26.8 Å². The molecular weight excluding hydrogens is 190 g/mol. The number of amides is 2. The van der Waals surface area contributed by atoms with E-state index in [1.165, 1.54) is 6.42 Å². The van der Waals surface area contributed by atoms with Gasteiger partial charge in [0, 0.05) is 33.2 Å². The zero-order valence-corrected chi connectivity index (χ0v) is 10.2. The minimum absolute atomic E-state index is 0.191. The molecule has 0 atom stereocenters. The van der Waals surface area contributed by atoms with Crippen LogP contribution in [0.3, 0.4) is 0 Å². The molecule has 1 saturated heterocycles. The van der Waals surface area contributed by atoms with Crippen molar-refractivity contribution in [3.05, 3.63) is 0 Å². The quantitative estimate of drug-likeness (QED) is 0.701.